The minimum Gasteiger partial charge on any atom is -0.482 e. The van der Waals surface area contributed by atoms with E-state index in [1.807, 2.05) is 6.92 Å². The van der Waals surface area contributed by atoms with E-state index in [9.17, 15) is 14.4 Å². The average molecular weight is 430 g/mol. The van der Waals surface area contributed by atoms with Crippen molar-refractivity contribution >= 4 is 34.4 Å². The van der Waals surface area contributed by atoms with Crippen LogP contribution in [-0.4, -0.2) is 24.5 Å². The van der Waals surface area contributed by atoms with Crippen LogP contribution in [0.25, 0.3) is 11.0 Å². The molecule has 0 aliphatic carbocycles. The van der Waals surface area contributed by atoms with Crippen molar-refractivity contribution in [3.05, 3.63) is 69.0 Å². The maximum atomic E-state index is 12.1. The molecule has 3 aromatic rings. The number of fused-ring (bicyclic) bond motifs is 1. The SMILES string of the molecule is Cc1cc(Cl)ccc1OCC(=O)Oc1ccc2cc(C(=O)NC(C)C)c(=O)oc2c1. The first-order valence-corrected chi connectivity index (χ1v) is 9.59. The molecule has 0 saturated heterocycles. The van der Waals surface area contributed by atoms with Crippen molar-refractivity contribution in [1.82, 2.24) is 5.32 Å². The first-order valence-electron chi connectivity index (χ1n) is 9.21. The van der Waals surface area contributed by atoms with E-state index in [4.69, 9.17) is 25.5 Å². The zero-order valence-corrected chi connectivity index (χ0v) is 17.4. The lowest BCUT2D eigenvalue weighted by Gasteiger charge is -2.10. The van der Waals surface area contributed by atoms with Crippen molar-refractivity contribution < 1.29 is 23.5 Å². The third kappa shape index (κ3) is 5.18. The number of aryl methyl sites for hydroxylation is 1. The molecular weight excluding hydrogens is 410 g/mol. The highest BCUT2D eigenvalue weighted by Crippen LogP contribution is 2.23. The summed E-state index contributed by atoms with van der Waals surface area (Å²) in [6.45, 7) is 5.09. The molecule has 0 atom stereocenters. The molecule has 1 amide bonds. The largest absolute Gasteiger partial charge is 0.482 e. The molecule has 0 spiro atoms. The van der Waals surface area contributed by atoms with Gasteiger partial charge in [-0.2, -0.15) is 0 Å². The fourth-order valence-electron chi connectivity index (χ4n) is 2.73. The lowest BCUT2D eigenvalue weighted by Crippen LogP contribution is -2.33. The second-order valence-corrected chi connectivity index (χ2v) is 7.38. The molecule has 1 aromatic heterocycles. The summed E-state index contributed by atoms with van der Waals surface area (Å²) in [4.78, 5) is 36.3. The van der Waals surface area contributed by atoms with Crippen LogP contribution in [0.1, 0.15) is 29.8 Å². The molecule has 0 bridgehead atoms. The Labute approximate surface area is 177 Å². The van der Waals surface area contributed by atoms with Gasteiger partial charge in [0.25, 0.3) is 5.91 Å². The topological polar surface area (TPSA) is 94.8 Å². The van der Waals surface area contributed by atoms with Crippen molar-refractivity contribution in [2.45, 2.75) is 26.8 Å². The highest BCUT2D eigenvalue weighted by atomic mass is 35.5. The van der Waals surface area contributed by atoms with E-state index < -0.39 is 17.5 Å². The number of ether oxygens (including phenoxy) is 2. The molecule has 2 aromatic carbocycles. The van der Waals surface area contributed by atoms with Crippen LogP contribution in [0.2, 0.25) is 5.02 Å². The predicted octanol–water partition coefficient (Wildman–Crippen LogP) is 3.88. The number of carbonyl (C=O) groups is 2. The molecule has 0 aliphatic heterocycles. The zero-order chi connectivity index (χ0) is 21.8. The lowest BCUT2D eigenvalue weighted by atomic mass is 10.1. The Morgan fingerprint density at radius 2 is 1.90 bits per heavy atom. The Bertz CT molecular complexity index is 1170. The summed E-state index contributed by atoms with van der Waals surface area (Å²) in [6.07, 6.45) is 0. The number of esters is 1. The summed E-state index contributed by atoms with van der Waals surface area (Å²) in [6, 6.07) is 10.9. The molecule has 30 heavy (non-hydrogen) atoms. The number of nitrogens with one attached hydrogen (secondary N) is 1. The minimum atomic E-state index is -0.773. The van der Waals surface area contributed by atoms with Gasteiger partial charge < -0.3 is 19.2 Å². The van der Waals surface area contributed by atoms with Gasteiger partial charge in [0.1, 0.15) is 22.6 Å². The molecule has 1 N–H and O–H groups in total. The average Bonchev–Trinajstić information content (AvgIpc) is 2.66. The number of hydrogen-bond donors (Lipinski definition) is 1. The standard InChI is InChI=1S/C22H20ClNO6/c1-12(2)24-21(26)17-9-14-4-6-16(10-19(14)30-22(17)27)29-20(25)11-28-18-7-5-15(23)8-13(18)3/h4-10,12H,11H2,1-3H3,(H,24,26). The second kappa shape index (κ2) is 9.00. The Morgan fingerprint density at radius 3 is 2.60 bits per heavy atom. The lowest BCUT2D eigenvalue weighted by molar-refractivity contribution is -0.136. The second-order valence-electron chi connectivity index (χ2n) is 6.95. The first-order chi connectivity index (χ1) is 14.2. The number of hydrogen-bond acceptors (Lipinski definition) is 6. The molecule has 156 valence electrons. The first kappa shape index (κ1) is 21.4. The van der Waals surface area contributed by atoms with Crippen LogP contribution >= 0.6 is 11.6 Å². The quantitative estimate of drug-likeness (QED) is 0.363. The molecule has 0 aliphatic rings. The molecule has 7 nitrogen and oxygen atoms in total. The molecular formula is C22H20ClNO6. The van der Waals surface area contributed by atoms with E-state index in [1.54, 1.807) is 38.1 Å². The van der Waals surface area contributed by atoms with Crippen LogP contribution < -0.4 is 20.4 Å². The molecule has 0 radical (unpaired) electrons. The van der Waals surface area contributed by atoms with Crippen LogP contribution in [0.3, 0.4) is 0 Å². The predicted molar refractivity (Wildman–Crippen MR) is 112 cm³/mol. The Kier molecular flexibility index (Phi) is 6.42. The fraction of sp³-hybridized carbons (Fsp3) is 0.227. The summed E-state index contributed by atoms with van der Waals surface area (Å²) in [5.41, 5.74) is 0.124. The van der Waals surface area contributed by atoms with Gasteiger partial charge in [0.05, 0.1) is 0 Å². The van der Waals surface area contributed by atoms with Crippen molar-refractivity contribution in [1.29, 1.82) is 0 Å². The van der Waals surface area contributed by atoms with Crippen LogP contribution in [0, 0.1) is 6.92 Å². The third-order valence-corrected chi connectivity index (χ3v) is 4.32. The van der Waals surface area contributed by atoms with Crippen LogP contribution in [0.15, 0.2) is 51.7 Å². The number of benzene rings is 2. The van der Waals surface area contributed by atoms with Crippen molar-refractivity contribution in [2.24, 2.45) is 0 Å². The smallest absolute Gasteiger partial charge is 0.349 e. The molecule has 1 heterocycles. The molecule has 8 heteroatoms. The van der Waals surface area contributed by atoms with E-state index in [0.717, 1.165) is 5.56 Å². The van der Waals surface area contributed by atoms with Gasteiger partial charge in [-0.3, -0.25) is 4.79 Å². The van der Waals surface area contributed by atoms with Gasteiger partial charge in [-0.15, -0.1) is 0 Å². The van der Waals surface area contributed by atoms with Gasteiger partial charge in [-0.05, 0) is 62.7 Å². The maximum absolute atomic E-state index is 12.1. The minimum absolute atomic E-state index is 0.0901. The highest BCUT2D eigenvalue weighted by molar-refractivity contribution is 6.30. The molecule has 0 unspecified atom stereocenters. The fourth-order valence-corrected chi connectivity index (χ4v) is 2.95. The molecule has 0 saturated carbocycles. The molecule has 0 fully saturated rings. The van der Waals surface area contributed by atoms with Crippen LogP contribution in [0.4, 0.5) is 0 Å². The highest BCUT2D eigenvalue weighted by Gasteiger charge is 2.15. The van der Waals surface area contributed by atoms with Crippen molar-refractivity contribution in [3.8, 4) is 11.5 Å². The van der Waals surface area contributed by atoms with E-state index in [2.05, 4.69) is 5.32 Å². The number of amides is 1. The molecule has 3 rings (SSSR count). The zero-order valence-electron chi connectivity index (χ0n) is 16.7. The van der Waals surface area contributed by atoms with E-state index in [-0.39, 0.29) is 29.5 Å². The maximum Gasteiger partial charge on any atom is 0.349 e. The van der Waals surface area contributed by atoms with Crippen molar-refractivity contribution in [2.75, 3.05) is 6.61 Å². The van der Waals surface area contributed by atoms with E-state index in [0.29, 0.717) is 16.2 Å². The Hall–Kier alpha value is -3.32. The summed E-state index contributed by atoms with van der Waals surface area (Å²) in [5.74, 6) is -0.427. The monoisotopic (exact) mass is 429 g/mol. The summed E-state index contributed by atoms with van der Waals surface area (Å²) in [7, 11) is 0. The number of carbonyl (C=O) groups excluding carboxylic acids is 2. The van der Waals surface area contributed by atoms with E-state index in [1.165, 1.54) is 18.2 Å². The van der Waals surface area contributed by atoms with Gasteiger partial charge in [-0.1, -0.05) is 11.6 Å². The number of rotatable bonds is 6. The van der Waals surface area contributed by atoms with Gasteiger partial charge in [0, 0.05) is 22.5 Å². The summed E-state index contributed by atoms with van der Waals surface area (Å²) >= 11 is 5.89. The van der Waals surface area contributed by atoms with Crippen molar-refractivity contribution in [3.63, 3.8) is 0 Å². The Morgan fingerprint density at radius 1 is 1.13 bits per heavy atom. The van der Waals surface area contributed by atoms with Crippen LogP contribution in [-0.2, 0) is 4.79 Å². The Balaban J connectivity index is 1.71. The van der Waals surface area contributed by atoms with Gasteiger partial charge >= 0.3 is 11.6 Å². The van der Waals surface area contributed by atoms with Gasteiger partial charge in [-0.25, -0.2) is 9.59 Å². The van der Waals surface area contributed by atoms with Gasteiger partial charge in [0.2, 0.25) is 0 Å². The van der Waals surface area contributed by atoms with Crippen LogP contribution in [0.5, 0.6) is 11.5 Å². The third-order valence-electron chi connectivity index (χ3n) is 4.09. The number of halogens is 1. The van der Waals surface area contributed by atoms with Gasteiger partial charge in [0.15, 0.2) is 6.61 Å². The van der Waals surface area contributed by atoms with E-state index >= 15 is 0 Å². The summed E-state index contributed by atoms with van der Waals surface area (Å²) < 4.78 is 15.9. The summed E-state index contributed by atoms with van der Waals surface area (Å²) in [5, 5.41) is 3.75. The normalized spacial score (nSPS) is 10.8.